The van der Waals surface area contributed by atoms with Crippen molar-refractivity contribution >= 4 is 33.0 Å². The van der Waals surface area contributed by atoms with Crippen molar-refractivity contribution in [3.8, 4) is 5.75 Å². The zero-order valence-corrected chi connectivity index (χ0v) is 14.1. The first-order chi connectivity index (χ1) is 11.3. The molecule has 0 saturated heterocycles. The van der Waals surface area contributed by atoms with Crippen LogP contribution in [0.1, 0.15) is 0 Å². The standard InChI is InChI=1S/C16H17N3O4S/c1-19(2)12-5-3-11(4-6-12)18-24(21,22)13-7-8-15-14(9-13)17-16(20)10-23-15/h3-9,18H,10H2,1-2H3,(H,17,20). The maximum Gasteiger partial charge on any atom is 0.262 e. The average Bonchev–Trinajstić information content (AvgIpc) is 2.54. The van der Waals surface area contributed by atoms with Crippen LogP contribution >= 0.6 is 0 Å². The number of sulfonamides is 1. The number of ether oxygens (including phenoxy) is 1. The summed E-state index contributed by atoms with van der Waals surface area (Å²) in [7, 11) is 0.0430. The molecule has 0 atom stereocenters. The minimum Gasteiger partial charge on any atom is -0.482 e. The van der Waals surface area contributed by atoms with Gasteiger partial charge >= 0.3 is 0 Å². The topological polar surface area (TPSA) is 87.7 Å². The zero-order chi connectivity index (χ0) is 17.3. The van der Waals surface area contributed by atoms with Crippen LogP contribution in [-0.2, 0) is 14.8 Å². The lowest BCUT2D eigenvalue weighted by Crippen LogP contribution is -2.25. The summed E-state index contributed by atoms with van der Waals surface area (Å²) in [5.74, 6) is 0.133. The molecule has 24 heavy (non-hydrogen) atoms. The first-order valence-corrected chi connectivity index (χ1v) is 8.70. The van der Waals surface area contributed by atoms with Gasteiger partial charge < -0.3 is 15.0 Å². The summed E-state index contributed by atoms with van der Waals surface area (Å²) in [5.41, 5.74) is 1.77. The predicted molar refractivity (Wildman–Crippen MR) is 92.1 cm³/mol. The van der Waals surface area contributed by atoms with Gasteiger partial charge in [0.25, 0.3) is 15.9 Å². The van der Waals surface area contributed by atoms with Gasteiger partial charge in [-0.1, -0.05) is 0 Å². The molecule has 0 spiro atoms. The number of nitrogens with zero attached hydrogens (tertiary/aromatic N) is 1. The van der Waals surface area contributed by atoms with Crippen molar-refractivity contribution in [3.63, 3.8) is 0 Å². The van der Waals surface area contributed by atoms with Crippen molar-refractivity contribution < 1.29 is 17.9 Å². The van der Waals surface area contributed by atoms with Crippen LogP contribution in [0.5, 0.6) is 5.75 Å². The fourth-order valence-corrected chi connectivity index (χ4v) is 3.36. The molecule has 1 aliphatic heterocycles. The normalized spacial score (nSPS) is 13.5. The summed E-state index contributed by atoms with van der Waals surface area (Å²) < 4.78 is 32.8. The average molecular weight is 347 g/mol. The smallest absolute Gasteiger partial charge is 0.262 e. The van der Waals surface area contributed by atoms with E-state index in [4.69, 9.17) is 4.74 Å². The first kappa shape index (κ1) is 16.1. The minimum absolute atomic E-state index is 0.0451. The molecule has 2 N–H and O–H groups in total. The lowest BCUT2D eigenvalue weighted by Gasteiger charge is -2.19. The molecule has 8 heteroatoms. The van der Waals surface area contributed by atoms with Gasteiger partial charge in [0.2, 0.25) is 0 Å². The number of benzene rings is 2. The highest BCUT2D eigenvalue weighted by Gasteiger charge is 2.21. The van der Waals surface area contributed by atoms with E-state index in [9.17, 15) is 13.2 Å². The second-order valence-electron chi connectivity index (χ2n) is 5.54. The van der Waals surface area contributed by atoms with Gasteiger partial charge in [0.15, 0.2) is 6.61 Å². The van der Waals surface area contributed by atoms with Gasteiger partial charge in [-0.15, -0.1) is 0 Å². The second-order valence-corrected chi connectivity index (χ2v) is 7.22. The molecular formula is C16H17N3O4S. The van der Waals surface area contributed by atoms with Gasteiger partial charge in [-0.3, -0.25) is 9.52 Å². The van der Waals surface area contributed by atoms with E-state index in [0.717, 1.165) is 5.69 Å². The molecule has 0 saturated carbocycles. The number of carbonyl (C=O) groups is 1. The summed E-state index contributed by atoms with van der Waals surface area (Å²) in [6.45, 7) is -0.0738. The Morgan fingerprint density at radius 1 is 1.12 bits per heavy atom. The molecule has 0 aromatic heterocycles. The Labute approximate surface area is 140 Å². The van der Waals surface area contributed by atoms with Crippen LogP contribution in [0.2, 0.25) is 0 Å². The highest BCUT2D eigenvalue weighted by Crippen LogP contribution is 2.30. The maximum absolute atomic E-state index is 12.5. The Morgan fingerprint density at radius 3 is 2.50 bits per heavy atom. The Hall–Kier alpha value is -2.74. The van der Waals surface area contributed by atoms with E-state index in [0.29, 0.717) is 17.1 Å². The van der Waals surface area contributed by atoms with E-state index >= 15 is 0 Å². The molecule has 1 amide bonds. The molecule has 0 fully saturated rings. The number of nitrogens with one attached hydrogen (secondary N) is 2. The number of amides is 1. The highest BCUT2D eigenvalue weighted by molar-refractivity contribution is 7.92. The van der Waals surface area contributed by atoms with E-state index in [2.05, 4.69) is 10.0 Å². The fraction of sp³-hybridized carbons (Fsp3) is 0.188. The number of fused-ring (bicyclic) bond motifs is 1. The Balaban J connectivity index is 1.85. The van der Waals surface area contributed by atoms with Gasteiger partial charge in [-0.2, -0.15) is 0 Å². The van der Waals surface area contributed by atoms with Gasteiger partial charge in [-0.25, -0.2) is 8.42 Å². The van der Waals surface area contributed by atoms with Crippen molar-refractivity contribution in [2.75, 3.05) is 35.6 Å². The van der Waals surface area contributed by atoms with Crippen LogP contribution in [0.25, 0.3) is 0 Å². The van der Waals surface area contributed by atoms with Crippen molar-refractivity contribution in [2.24, 2.45) is 0 Å². The SMILES string of the molecule is CN(C)c1ccc(NS(=O)(=O)c2ccc3c(c2)NC(=O)CO3)cc1. The molecule has 2 aromatic rings. The molecule has 7 nitrogen and oxygen atoms in total. The van der Waals surface area contributed by atoms with Crippen molar-refractivity contribution in [3.05, 3.63) is 42.5 Å². The Morgan fingerprint density at radius 2 is 1.83 bits per heavy atom. The molecule has 126 valence electrons. The third-order valence-electron chi connectivity index (χ3n) is 3.53. The van der Waals surface area contributed by atoms with Crippen LogP contribution in [0, 0.1) is 0 Å². The predicted octanol–water partition coefficient (Wildman–Crippen LogP) is 1.88. The van der Waals surface area contributed by atoms with Gasteiger partial charge in [0.1, 0.15) is 5.75 Å². The maximum atomic E-state index is 12.5. The van der Waals surface area contributed by atoms with Crippen LogP contribution in [-0.4, -0.2) is 35.0 Å². The van der Waals surface area contributed by atoms with Crippen LogP contribution in [0.4, 0.5) is 17.1 Å². The highest BCUT2D eigenvalue weighted by atomic mass is 32.2. The van der Waals surface area contributed by atoms with Crippen molar-refractivity contribution in [1.82, 2.24) is 0 Å². The quantitative estimate of drug-likeness (QED) is 0.882. The van der Waals surface area contributed by atoms with E-state index < -0.39 is 10.0 Å². The molecular weight excluding hydrogens is 330 g/mol. The number of rotatable bonds is 4. The van der Waals surface area contributed by atoms with Crippen LogP contribution < -0.4 is 19.7 Å². The summed E-state index contributed by atoms with van der Waals surface area (Å²) in [4.78, 5) is 13.3. The molecule has 1 heterocycles. The minimum atomic E-state index is -3.77. The number of anilines is 3. The zero-order valence-electron chi connectivity index (χ0n) is 13.2. The molecule has 0 bridgehead atoms. The number of carbonyl (C=O) groups excluding carboxylic acids is 1. The van der Waals surface area contributed by atoms with E-state index in [-0.39, 0.29) is 17.4 Å². The number of hydrogen-bond donors (Lipinski definition) is 2. The Bertz CT molecular complexity index is 877. The van der Waals surface area contributed by atoms with E-state index in [1.54, 1.807) is 12.1 Å². The fourth-order valence-electron chi connectivity index (χ4n) is 2.27. The van der Waals surface area contributed by atoms with Crippen LogP contribution in [0.15, 0.2) is 47.4 Å². The van der Waals surface area contributed by atoms with Crippen LogP contribution in [0.3, 0.4) is 0 Å². The van der Waals surface area contributed by atoms with E-state index in [1.807, 2.05) is 31.1 Å². The second kappa shape index (κ2) is 6.04. The molecule has 1 aliphatic rings. The molecule has 2 aromatic carbocycles. The molecule has 0 aliphatic carbocycles. The summed E-state index contributed by atoms with van der Waals surface area (Å²) in [6, 6.07) is 11.4. The third kappa shape index (κ3) is 3.28. The van der Waals surface area contributed by atoms with Gasteiger partial charge in [0, 0.05) is 25.5 Å². The molecule has 0 radical (unpaired) electrons. The van der Waals surface area contributed by atoms with Gasteiger partial charge in [0.05, 0.1) is 10.6 Å². The van der Waals surface area contributed by atoms with E-state index in [1.165, 1.54) is 18.2 Å². The summed E-state index contributed by atoms with van der Waals surface area (Å²) in [6.07, 6.45) is 0. The monoisotopic (exact) mass is 347 g/mol. The Kier molecular flexibility index (Phi) is 4.06. The van der Waals surface area contributed by atoms with Crippen molar-refractivity contribution in [1.29, 1.82) is 0 Å². The largest absolute Gasteiger partial charge is 0.482 e. The lowest BCUT2D eigenvalue weighted by molar-refractivity contribution is -0.118. The lowest BCUT2D eigenvalue weighted by atomic mass is 10.2. The van der Waals surface area contributed by atoms with Gasteiger partial charge in [-0.05, 0) is 42.5 Å². The first-order valence-electron chi connectivity index (χ1n) is 7.22. The molecule has 3 rings (SSSR count). The summed E-state index contributed by atoms with van der Waals surface area (Å²) in [5, 5.41) is 2.59. The third-order valence-corrected chi connectivity index (χ3v) is 4.91. The summed E-state index contributed by atoms with van der Waals surface area (Å²) >= 11 is 0. The molecule has 0 unspecified atom stereocenters. The number of hydrogen-bond acceptors (Lipinski definition) is 5. The van der Waals surface area contributed by atoms with Crippen molar-refractivity contribution in [2.45, 2.75) is 4.90 Å².